The van der Waals surface area contributed by atoms with Gasteiger partial charge in [0.1, 0.15) is 5.82 Å². The number of halogens is 2. The lowest BCUT2D eigenvalue weighted by Gasteiger charge is -2.37. The molecular formula is C15H21BrFNO. The van der Waals surface area contributed by atoms with Crippen LogP contribution in [-0.2, 0) is 11.2 Å². The quantitative estimate of drug-likeness (QED) is 0.790. The lowest BCUT2D eigenvalue weighted by atomic mass is 9.83. The van der Waals surface area contributed by atoms with Crippen LogP contribution in [-0.4, -0.2) is 30.3 Å². The Labute approximate surface area is 123 Å². The summed E-state index contributed by atoms with van der Waals surface area (Å²) < 4.78 is 14.1. The highest BCUT2D eigenvalue weighted by atomic mass is 79.9. The summed E-state index contributed by atoms with van der Waals surface area (Å²) in [5.74, 6) is -0.178. The maximum Gasteiger partial charge on any atom is 0.157 e. The summed E-state index contributed by atoms with van der Waals surface area (Å²) in [6.45, 7) is 4.03. The van der Waals surface area contributed by atoms with Crippen molar-refractivity contribution in [3.63, 3.8) is 0 Å². The van der Waals surface area contributed by atoms with Gasteiger partial charge in [-0.3, -0.25) is 9.69 Å². The fourth-order valence-electron chi connectivity index (χ4n) is 2.54. The molecule has 0 spiro atoms. The highest BCUT2D eigenvalue weighted by molar-refractivity contribution is 9.10. The minimum Gasteiger partial charge on any atom is -0.297 e. The molecule has 0 aliphatic carbocycles. The van der Waals surface area contributed by atoms with Crippen molar-refractivity contribution in [1.82, 2.24) is 4.90 Å². The van der Waals surface area contributed by atoms with Gasteiger partial charge in [-0.1, -0.05) is 29.8 Å². The van der Waals surface area contributed by atoms with Crippen molar-refractivity contribution in [1.29, 1.82) is 0 Å². The van der Waals surface area contributed by atoms with E-state index in [-0.39, 0.29) is 18.0 Å². The first-order valence-electron chi connectivity index (χ1n) is 6.52. The van der Waals surface area contributed by atoms with E-state index in [0.29, 0.717) is 5.56 Å². The molecule has 0 saturated heterocycles. The maximum atomic E-state index is 13.3. The van der Waals surface area contributed by atoms with E-state index >= 15 is 0 Å². The van der Waals surface area contributed by atoms with Gasteiger partial charge in [0.2, 0.25) is 0 Å². The third kappa shape index (κ3) is 3.42. The minimum atomic E-state index is -0.467. The van der Waals surface area contributed by atoms with Gasteiger partial charge in [-0.25, -0.2) is 4.39 Å². The Morgan fingerprint density at radius 3 is 2.37 bits per heavy atom. The van der Waals surface area contributed by atoms with Crippen molar-refractivity contribution < 1.29 is 9.18 Å². The summed E-state index contributed by atoms with van der Waals surface area (Å²) in [4.78, 5) is 14.6. The van der Waals surface area contributed by atoms with Crippen molar-refractivity contribution in [2.24, 2.45) is 0 Å². The number of carbonyl (C=O) groups excluding carboxylic acids is 1. The standard InChI is InChI=1S/C15H21BrFNO/c1-5-15(6-2,18(3)4)14(19)10-11-9-12(17)7-8-13(11)16/h7-9H,5-6,10H2,1-4H3. The van der Waals surface area contributed by atoms with Crippen molar-refractivity contribution in [3.8, 4) is 0 Å². The largest absolute Gasteiger partial charge is 0.297 e. The second-order valence-corrected chi connectivity index (χ2v) is 5.82. The molecule has 0 unspecified atom stereocenters. The number of benzene rings is 1. The van der Waals surface area contributed by atoms with Gasteiger partial charge >= 0.3 is 0 Å². The summed E-state index contributed by atoms with van der Waals surface area (Å²) in [6.07, 6.45) is 1.75. The van der Waals surface area contributed by atoms with E-state index in [0.717, 1.165) is 17.3 Å². The molecule has 2 nitrogen and oxygen atoms in total. The SMILES string of the molecule is CCC(CC)(C(=O)Cc1cc(F)ccc1Br)N(C)C. The number of hydrogen-bond acceptors (Lipinski definition) is 2. The maximum absolute atomic E-state index is 13.3. The number of hydrogen-bond donors (Lipinski definition) is 0. The molecular weight excluding hydrogens is 309 g/mol. The molecule has 1 aromatic rings. The Bertz CT molecular complexity index is 455. The monoisotopic (exact) mass is 329 g/mol. The van der Waals surface area contributed by atoms with Gasteiger partial charge in [0.25, 0.3) is 0 Å². The van der Waals surface area contributed by atoms with E-state index in [9.17, 15) is 9.18 Å². The third-order valence-corrected chi connectivity index (χ3v) is 4.68. The number of ketones is 1. The molecule has 0 atom stereocenters. The Morgan fingerprint density at radius 1 is 1.32 bits per heavy atom. The highest BCUT2D eigenvalue weighted by Crippen LogP contribution is 2.27. The Kier molecular flexibility index (Phi) is 5.68. The first-order chi connectivity index (χ1) is 8.87. The lowest BCUT2D eigenvalue weighted by Crippen LogP contribution is -2.51. The van der Waals surface area contributed by atoms with Crippen molar-refractivity contribution in [2.75, 3.05) is 14.1 Å². The number of carbonyl (C=O) groups is 1. The summed E-state index contributed by atoms with van der Waals surface area (Å²) in [5.41, 5.74) is 0.240. The molecule has 0 aliphatic heterocycles. The van der Waals surface area contributed by atoms with Gasteiger partial charge in [-0.15, -0.1) is 0 Å². The van der Waals surface area contributed by atoms with Crippen LogP contribution in [0.1, 0.15) is 32.3 Å². The van der Waals surface area contributed by atoms with Crippen LogP contribution < -0.4 is 0 Å². The van der Waals surface area contributed by atoms with Gasteiger partial charge < -0.3 is 0 Å². The fraction of sp³-hybridized carbons (Fsp3) is 0.533. The zero-order valence-electron chi connectivity index (χ0n) is 12.0. The Balaban J connectivity index is 3.03. The van der Waals surface area contributed by atoms with E-state index in [4.69, 9.17) is 0 Å². The van der Waals surface area contributed by atoms with E-state index in [1.165, 1.54) is 12.1 Å². The molecule has 0 heterocycles. The van der Waals surface area contributed by atoms with Crippen molar-refractivity contribution >= 4 is 21.7 Å². The fourth-order valence-corrected chi connectivity index (χ4v) is 2.93. The predicted octanol–water partition coefficient (Wildman–Crippen LogP) is 3.82. The van der Waals surface area contributed by atoms with Crippen LogP contribution in [0.2, 0.25) is 0 Å². The minimum absolute atomic E-state index is 0.133. The molecule has 0 radical (unpaired) electrons. The summed E-state index contributed by atoms with van der Waals surface area (Å²) >= 11 is 3.37. The van der Waals surface area contributed by atoms with Crippen molar-refractivity contribution in [3.05, 3.63) is 34.1 Å². The van der Waals surface area contributed by atoms with Gasteiger partial charge in [0.05, 0.1) is 5.54 Å². The summed E-state index contributed by atoms with van der Waals surface area (Å²) in [5, 5.41) is 0. The molecule has 1 rings (SSSR count). The van der Waals surface area contributed by atoms with Crippen LogP contribution in [0.15, 0.2) is 22.7 Å². The zero-order chi connectivity index (χ0) is 14.6. The van der Waals surface area contributed by atoms with Gasteiger partial charge in [-0.05, 0) is 50.7 Å². The molecule has 0 fully saturated rings. The normalized spacial score (nSPS) is 11.9. The van der Waals surface area contributed by atoms with E-state index in [1.54, 1.807) is 6.07 Å². The smallest absolute Gasteiger partial charge is 0.157 e. The molecule has 1 aromatic carbocycles. The van der Waals surface area contributed by atoms with Crippen LogP contribution in [0.3, 0.4) is 0 Å². The van der Waals surface area contributed by atoms with Gasteiger partial charge in [-0.2, -0.15) is 0 Å². The molecule has 106 valence electrons. The molecule has 0 amide bonds. The first kappa shape index (κ1) is 16.3. The predicted molar refractivity (Wildman–Crippen MR) is 79.8 cm³/mol. The molecule has 0 N–H and O–H groups in total. The molecule has 4 heteroatoms. The van der Waals surface area contributed by atoms with Gasteiger partial charge in [0.15, 0.2) is 5.78 Å². The Morgan fingerprint density at radius 2 is 1.89 bits per heavy atom. The van der Waals surface area contributed by atoms with Gasteiger partial charge in [0, 0.05) is 10.9 Å². The summed E-state index contributed by atoms with van der Waals surface area (Å²) in [6, 6.07) is 4.46. The number of nitrogens with zero attached hydrogens (tertiary/aromatic N) is 1. The number of rotatable bonds is 6. The lowest BCUT2D eigenvalue weighted by molar-refractivity contribution is -0.129. The van der Waals surface area contributed by atoms with Crippen LogP contribution in [0, 0.1) is 5.82 Å². The average molecular weight is 330 g/mol. The molecule has 19 heavy (non-hydrogen) atoms. The number of likely N-dealkylation sites (N-methyl/N-ethyl adjacent to an activating group) is 1. The average Bonchev–Trinajstić information content (AvgIpc) is 2.35. The molecule has 0 aromatic heterocycles. The van der Waals surface area contributed by atoms with Crippen LogP contribution in [0.25, 0.3) is 0 Å². The number of Topliss-reactive ketones (excluding diaryl/α,β-unsaturated/α-hetero) is 1. The van der Waals surface area contributed by atoms with Crippen LogP contribution in [0.5, 0.6) is 0 Å². The van der Waals surface area contributed by atoms with E-state index in [2.05, 4.69) is 15.9 Å². The highest BCUT2D eigenvalue weighted by Gasteiger charge is 2.36. The second-order valence-electron chi connectivity index (χ2n) is 4.97. The molecule has 0 bridgehead atoms. The zero-order valence-corrected chi connectivity index (χ0v) is 13.6. The molecule has 0 aliphatic rings. The van der Waals surface area contributed by atoms with E-state index < -0.39 is 5.54 Å². The van der Waals surface area contributed by atoms with Crippen molar-refractivity contribution in [2.45, 2.75) is 38.6 Å². The second kappa shape index (κ2) is 6.62. The Hall–Kier alpha value is -0.740. The van der Waals surface area contributed by atoms with Crippen LogP contribution in [0.4, 0.5) is 4.39 Å². The first-order valence-corrected chi connectivity index (χ1v) is 7.31. The third-order valence-electron chi connectivity index (χ3n) is 3.90. The van der Waals surface area contributed by atoms with E-state index in [1.807, 2.05) is 32.8 Å². The van der Waals surface area contributed by atoms with Crippen LogP contribution >= 0.6 is 15.9 Å². The topological polar surface area (TPSA) is 20.3 Å². The summed E-state index contributed by atoms with van der Waals surface area (Å²) in [7, 11) is 3.84. The molecule has 0 saturated carbocycles.